The maximum Gasteiger partial charge on any atom is 0.222 e. The summed E-state index contributed by atoms with van der Waals surface area (Å²) in [6, 6.07) is 10.1. The Labute approximate surface area is 200 Å². The van der Waals surface area contributed by atoms with Crippen LogP contribution >= 0.6 is 0 Å². The monoisotopic (exact) mass is 462 g/mol. The number of aliphatic hydroxyl groups is 1. The molecule has 1 atom stereocenters. The number of nitrogens with one attached hydrogen (secondary N) is 1. The van der Waals surface area contributed by atoms with Crippen molar-refractivity contribution in [2.75, 3.05) is 33.4 Å². The zero-order valence-corrected chi connectivity index (χ0v) is 20.1. The number of carbonyl (C=O) groups excluding carboxylic acids is 1. The Hall–Kier alpha value is -2.90. The molecule has 5 rings (SSSR count). The van der Waals surface area contributed by atoms with Crippen LogP contribution in [0.2, 0.25) is 0 Å². The second kappa shape index (κ2) is 9.39. The van der Waals surface area contributed by atoms with Crippen LogP contribution < -0.4 is 4.74 Å². The largest absolute Gasteiger partial charge is 0.497 e. The van der Waals surface area contributed by atoms with E-state index in [9.17, 15) is 9.90 Å². The number of hydrogen-bond acceptors (Lipinski definition) is 5. The molecule has 2 aromatic heterocycles. The van der Waals surface area contributed by atoms with Crippen molar-refractivity contribution in [3.05, 3.63) is 59.5 Å². The fraction of sp³-hybridized carbons (Fsp3) is 0.481. The van der Waals surface area contributed by atoms with Crippen molar-refractivity contribution in [2.24, 2.45) is 0 Å². The van der Waals surface area contributed by atoms with E-state index in [1.165, 1.54) is 10.9 Å². The SMILES string of the molecule is CCCC(=O)N1CCC2(CC1)CN(Cc1cccnc1)[C@@H](CO)c1[nH]c3cc(OC)ccc3c12. The van der Waals surface area contributed by atoms with Gasteiger partial charge in [-0.25, -0.2) is 0 Å². The van der Waals surface area contributed by atoms with Gasteiger partial charge >= 0.3 is 0 Å². The smallest absolute Gasteiger partial charge is 0.222 e. The van der Waals surface area contributed by atoms with Gasteiger partial charge in [0, 0.05) is 73.1 Å². The minimum Gasteiger partial charge on any atom is -0.497 e. The number of nitrogens with zero attached hydrogens (tertiary/aromatic N) is 3. The van der Waals surface area contributed by atoms with Gasteiger partial charge in [-0.3, -0.25) is 14.7 Å². The molecule has 2 aliphatic heterocycles. The van der Waals surface area contributed by atoms with Gasteiger partial charge in [-0.2, -0.15) is 0 Å². The van der Waals surface area contributed by atoms with Gasteiger partial charge < -0.3 is 19.7 Å². The number of aliphatic hydroxyl groups excluding tert-OH is 1. The van der Waals surface area contributed by atoms with E-state index in [0.717, 1.165) is 68.0 Å². The number of amides is 1. The molecule has 7 nitrogen and oxygen atoms in total. The molecule has 3 aromatic rings. The molecule has 7 heteroatoms. The standard InChI is InChI=1S/C27H34N4O3/c1-3-5-24(33)30-12-9-27(10-13-30)18-31(16-19-6-4-11-28-15-19)23(17-32)26-25(27)21-8-7-20(34-2)14-22(21)29-26/h4,6-8,11,14-15,23,29,32H,3,5,9-10,12-13,16-18H2,1-2H3/t23-/m0/s1. The van der Waals surface area contributed by atoms with Gasteiger partial charge in [-0.1, -0.05) is 13.0 Å². The number of H-pyrrole nitrogens is 1. The Bertz CT molecular complexity index is 1150. The maximum absolute atomic E-state index is 12.6. The minimum atomic E-state index is -0.126. The number of pyridine rings is 1. The first kappa shape index (κ1) is 22.9. The minimum absolute atomic E-state index is 0.0361. The molecule has 0 unspecified atom stereocenters. The lowest BCUT2D eigenvalue weighted by Crippen LogP contribution is -2.54. The van der Waals surface area contributed by atoms with Gasteiger partial charge in [0.25, 0.3) is 0 Å². The summed E-state index contributed by atoms with van der Waals surface area (Å²) in [4.78, 5) is 25.0. The van der Waals surface area contributed by atoms with Crippen molar-refractivity contribution in [3.8, 4) is 5.75 Å². The van der Waals surface area contributed by atoms with E-state index >= 15 is 0 Å². The average molecular weight is 463 g/mol. The van der Waals surface area contributed by atoms with E-state index in [1.54, 1.807) is 13.3 Å². The normalized spacial score (nSPS) is 20.0. The number of aromatic amines is 1. The quantitative estimate of drug-likeness (QED) is 0.583. The Kier molecular flexibility index (Phi) is 6.32. The van der Waals surface area contributed by atoms with Crippen LogP contribution in [0.15, 0.2) is 42.7 Å². The predicted octanol–water partition coefficient (Wildman–Crippen LogP) is 3.78. The molecule has 180 valence electrons. The molecule has 0 aliphatic carbocycles. The zero-order chi connectivity index (χ0) is 23.7. The van der Waals surface area contributed by atoms with E-state index in [0.29, 0.717) is 6.42 Å². The predicted molar refractivity (Wildman–Crippen MR) is 132 cm³/mol. The third-order valence-corrected chi connectivity index (χ3v) is 7.66. The third-order valence-electron chi connectivity index (χ3n) is 7.66. The number of aromatic nitrogens is 2. The van der Waals surface area contributed by atoms with E-state index in [2.05, 4.69) is 33.9 Å². The Balaban J connectivity index is 1.57. The van der Waals surface area contributed by atoms with Gasteiger partial charge in [-0.05, 0) is 48.6 Å². The molecule has 0 bridgehead atoms. The molecule has 1 spiro atoms. The topological polar surface area (TPSA) is 81.7 Å². The second-order valence-corrected chi connectivity index (χ2v) is 9.70. The van der Waals surface area contributed by atoms with Gasteiger partial charge in [0.2, 0.25) is 5.91 Å². The summed E-state index contributed by atoms with van der Waals surface area (Å²) in [6.07, 6.45) is 7.01. The molecule has 34 heavy (non-hydrogen) atoms. The van der Waals surface area contributed by atoms with E-state index < -0.39 is 0 Å². The van der Waals surface area contributed by atoms with Crippen molar-refractivity contribution >= 4 is 16.8 Å². The summed E-state index contributed by atoms with van der Waals surface area (Å²) in [5, 5.41) is 11.7. The van der Waals surface area contributed by atoms with Crippen molar-refractivity contribution in [2.45, 2.75) is 50.6 Å². The highest BCUT2D eigenvalue weighted by Gasteiger charge is 2.47. The van der Waals surface area contributed by atoms with Crippen molar-refractivity contribution in [1.82, 2.24) is 19.8 Å². The van der Waals surface area contributed by atoms with Crippen LogP contribution in [0.1, 0.15) is 55.5 Å². The van der Waals surface area contributed by atoms with Gasteiger partial charge in [-0.15, -0.1) is 0 Å². The van der Waals surface area contributed by atoms with Crippen molar-refractivity contribution in [1.29, 1.82) is 0 Å². The number of rotatable bonds is 6. The first-order valence-corrected chi connectivity index (χ1v) is 12.3. The van der Waals surface area contributed by atoms with Crippen LogP contribution in [0.25, 0.3) is 10.9 Å². The van der Waals surface area contributed by atoms with E-state index in [1.807, 2.05) is 29.3 Å². The molecular formula is C27H34N4O3. The number of piperidine rings is 1. The highest BCUT2D eigenvalue weighted by atomic mass is 16.5. The molecule has 1 aromatic carbocycles. The first-order chi connectivity index (χ1) is 16.6. The fourth-order valence-corrected chi connectivity index (χ4v) is 5.97. The summed E-state index contributed by atoms with van der Waals surface area (Å²) in [5.74, 6) is 1.07. The van der Waals surface area contributed by atoms with Gasteiger partial charge in [0.05, 0.1) is 19.8 Å². The van der Waals surface area contributed by atoms with Crippen LogP contribution in [0.5, 0.6) is 5.75 Å². The number of carbonyl (C=O) groups is 1. The molecular weight excluding hydrogens is 428 g/mol. The number of benzene rings is 1. The molecule has 2 N–H and O–H groups in total. The zero-order valence-electron chi connectivity index (χ0n) is 20.1. The molecule has 1 amide bonds. The summed E-state index contributed by atoms with van der Waals surface area (Å²) in [5.41, 5.74) is 4.49. The van der Waals surface area contributed by atoms with Crippen LogP contribution in [0, 0.1) is 0 Å². The first-order valence-electron chi connectivity index (χ1n) is 12.3. The lowest BCUT2D eigenvalue weighted by molar-refractivity contribution is -0.133. The third kappa shape index (κ3) is 3.97. The van der Waals surface area contributed by atoms with E-state index in [-0.39, 0.29) is 24.0 Å². The maximum atomic E-state index is 12.6. The Morgan fingerprint density at radius 1 is 1.29 bits per heavy atom. The molecule has 1 saturated heterocycles. The summed E-state index contributed by atoms with van der Waals surface area (Å²) in [6.45, 7) is 5.19. The summed E-state index contributed by atoms with van der Waals surface area (Å²) < 4.78 is 5.48. The summed E-state index contributed by atoms with van der Waals surface area (Å²) in [7, 11) is 1.68. The molecule has 2 aliphatic rings. The number of fused-ring (bicyclic) bond motifs is 4. The van der Waals surface area contributed by atoms with Gasteiger partial charge in [0.15, 0.2) is 0 Å². The van der Waals surface area contributed by atoms with Crippen LogP contribution in [0.3, 0.4) is 0 Å². The Morgan fingerprint density at radius 2 is 2.12 bits per heavy atom. The average Bonchev–Trinajstić information content (AvgIpc) is 3.25. The summed E-state index contributed by atoms with van der Waals surface area (Å²) >= 11 is 0. The highest BCUT2D eigenvalue weighted by Crippen LogP contribution is 2.49. The lowest BCUT2D eigenvalue weighted by Gasteiger charge is -2.50. The molecule has 0 saturated carbocycles. The van der Waals surface area contributed by atoms with Crippen molar-refractivity contribution < 1.29 is 14.6 Å². The molecule has 1 fully saturated rings. The number of ether oxygens (including phenoxy) is 1. The molecule has 0 radical (unpaired) electrons. The Morgan fingerprint density at radius 3 is 2.79 bits per heavy atom. The highest BCUT2D eigenvalue weighted by molar-refractivity contribution is 5.88. The van der Waals surface area contributed by atoms with Crippen LogP contribution in [-0.4, -0.2) is 64.1 Å². The van der Waals surface area contributed by atoms with Crippen molar-refractivity contribution in [3.63, 3.8) is 0 Å². The lowest BCUT2D eigenvalue weighted by atomic mass is 9.68. The second-order valence-electron chi connectivity index (χ2n) is 9.70. The van der Waals surface area contributed by atoms with Crippen LogP contribution in [0.4, 0.5) is 0 Å². The number of likely N-dealkylation sites (tertiary alicyclic amines) is 1. The number of hydrogen-bond donors (Lipinski definition) is 2. The van der Waals surface area contributed by atoms with Gasteiger partial charge in [0.1, 0.15) is 5.75 Å². The number of methoxy groups -OCH3 is 1. The van der Waals surface area contributed by atoms with E-state index in [4.69, 9.17) is 4.74 Å². The molecule has 4 heterocycles. The van der Waals surface area contributed by atoms with Crippen LogP contribution in [-0.2, 0) is 16.8 Å². The fourth-order valence-electron chi connectivity index (χ4n) is 5.97.